The van der Waals surface area contributed by atoms with Crippen LogP contribution in [0.3, 0.4) is 0 Å². The Bertz CT molecular complexity index is 493. The molecule has 0 saturated carbocycles. The maximum absolute atomic E-state index is 12.0. The molecule has 128 valence electrons. The van der Waals surface area contributed by atoms with E-state index >= 15 is 0 Å². The molecule has 1 aliphatic heterocycles. The monoisotopic (exact) mass is 320 g/mol. The second-order valence-corrected chi connectivity index (χ2v) is 6.71. The van der Waals surface area contributed by atoms with Gasteiger partial charge in [0.2, 0.25) is 5.91 Å². The molecule has 1 fully saturated rings. The van der Waals surface area contributed by atoms with Crippen LogP contribution in [0.2, 0.25) is 0 Å². The molecule has 0 unspecified atom stereocenters. The average molecular weight is 320 g/mol. The van der Waals surface area contributed by atoms with Crippen molar-refractivity contribution in [3.05, 3.63) is 29.8 Å². The van der Waals surface area contributed by atoms with Gasteiger partial charge in [-0.2, -0.15) is 0 Å². The first-order valence-electron chi connectivity index (χ1n) is 8.46. The van der Waals surface area contributed by atoms with Crippen LogP contribution in [-0.4, -0.2) is 52.9 Å². The van der Waals surface area contributed by atoms with Crippen LogP contribution in [0.1, 0.15) is 25.5 Å². The van der Waals surface area contributed by atoms with E-state index in [9.17, 15) is 4.79 Å². The van der Waals surface area contributed by atoms with Crippen molar-refractivity contribution >= 4 is 11.6 Å². The number of carbonyl (C=O) groups is 1. The van der Waals surface area contributed by atoms with Gasteiger partial charge in [-0.25, -0.2) is 0 Å². The summed E-state index contributed by atoms with van der Waals surface area (Å²) in [4.78, 5) is 15.5. The van der Waals surface area contributed by atoms with Gasteiger partial charge in [0.1, 0.15) is 19.1 Å². The first-order valence-corrected chi connectivity index (χ1v) is 8.46. The predicted molar refractivity (Wildman–Crippen MR) is 92.9 cm³/mol. The van der Waals surface area contributed by atoms with Gasteiger partial charge in [-0.3, -0.25) is 4.79 Å². The van der Waals surface area contributed by atoms with Gasteiger partial charge >= 0.3 is 0 Å². The molecule has 5 nitrogen and oxygen atoms in total. The Morgan fingerprint density at radius 2 is 1.83 bits per heavy atom. The number of carbonyl (C=O) groups excluding carboxylic acids is 1. The molecule has 1 aromatic carbocycles. The fraction of sp³-hybridized carbons (Fsp3) is 0.611. The number of hydrogen-bond acceptors (Lipinski definition) is 3. The van der Waals surface area contributed by atoms with Crippen molar-refractivity contribution in [2.75, 3.05) is 51.8 Å². The minimum absolute atomic E-state index is 0.0199. The number of nitrogens with one attached hydrogen (secondary N) is 2. The van der Waals surface area contributed by atoms with Crippen molar-refractivity contribution in [1.82, 2.24) is 5.32 Å². The molecule has 1 heterocycles. The van der Waals surface area contributed by atoms with Crippen molar-refractivity contribution in [3.63, 3.8) is 0 Å². The Morgan fingerprint density at radius 3 is 2.35 bits per heavy atom. The zero-order valence-electron chi connectivity index (χ0n) is 14.8. The van der Waals surface area contributed by atoms with Gasteiger partial charge in [0.05, 0.1) is 19.8 Å². The van der Waals surface area contributed by atoms with Crippen LogP contribution < -0.4 is 15.1 Å². The zero-order chi connectivity index (χ0) is 16.8. The quantitative estimate of drug-likeness (QED) is 0.801. The highest BCUT2D eigenvalue weighted by atomic mass is 16.5. The van der Waals surface area contributed by atoms with Gasteiger partial charge in [0.15, 0.2) is 0 Å². The molecule has 1 amide bonds. The van der Waals surface area contributed by atoms with E-state index in [1.165, 1.54) is 16.2 Å². The molecule has 1 aromatic rings. The van der Waals surface area contributed by atoms with Crippen LogP contribution in [0.4, 0.5) is 5.69 Å². The van der Waals surface area contributed by atoms with E-state index in [0.717, 1.165) is 26.3 Å². The highest BCUT2D eigenvalue weighted by Crippen LogP contribution is 2.16. The minimum Gasteiger partial charge on any atom is -0.378 e. The summed E-state index contributed by atoms with van der Waals surface area (Å²) in [7, 11) is 4.09. The molecule has 1 atom stereocenters. The molecule has 2 rings (SSSR count). The van der Waals surface area contributed by atoms with E-state index in [0.29, 0.717) is 6.54 Å². The van der Waals surface area contributed by atoms with Crippen LogP contribution in [0.5, 0.6) is 0 Å². The molecule has 0 aliphatic carbocycles. The van der Waals surface area contributed by atoms with E-state index in [2.05, 4.69) is 34.5 Å². The number of hydrogen-bond donors (Lipinski definition) is 2. The summed E-state index contributed by atoms with van der Waals surface area (Å²) in [6.45, 7) is 8.08. The second kappa shape index (κ2) is 8.31. The van der Waals surface area contributed by atoms with Crippen molar-refractivity contribution < 1.29 is 14.4 Å². The van der Waals surface area contributed by atoms with Crippen LogP contribution >= 0.6 is 0 Å². The maximum atomic E-state index is 12.0. The molecular weight excluding hydrogens is 290 g/mol. The van der Waals surface area contributed by atoms with E-state index < -0.39 is 0 Å². The van der Waals surface area contributed by atoms with Crippen molar-refractivity contribution in [3.8, 4) is 0 Å². The highest BCUT2D eigenvalue weighted by Gasteiger charge is 2.27. The van der Waals surface area contributed by atoms with E-state index in [-0.39, 0.29) is 17.9 Å². The molecule has 2 N–H and O–H groups in total. The molecule has 5 heteroatoms. The Labute approximate surface area is 139 Å². The summed E-state index contributed by atoms with van der Waals surface area (Å²) in [5.74, 6) is 0.138. The van der Waals surface area contributed by atoms with Crippen molar-refractivity contribution in [2.24, 2.45) is 5.92 Å². The second-order valence-electron chi connectivity index (χ2n) is 6.71. The summed E-state index contributed by atoms with van der Waals surface area (Å²) in [5.41, 5.74) is 2.47. The van der Waals surface area contributed by atoms with Gasteiger partial charge in [0, 0.05) is 31.3 Å². The normalized spacial score (nSPS) is 17.1. The fourth-order valence-corrected chi connectivity index (χ4v) is 2.89. The van der Waals surface area contributed by atoms with Crippen LogP contribution in [0, 0.1) is 5.92 Å². The first-order chi connectivity index (χ1) is 11.0. The molecule has 0 bridgehead atoms. The third kappa shape index (κ3) is 4.94. The van der Waals surface area contributed by atoms with Crippen LogP contribution in [-0.2, 0) is 9.53 Å². The number of morpholine rings is 1. The zero-order valence-corrected chi connectivity index (χ0v) is 14.8. The molecule has 1 aliphatic rings. The lowest BCUT2D eigenvalue weighted by Gasteiger charge is -2.32. The third-order valence-electron chi connectivity index (χ3n) is 4.44. The number of anilines is 1. The maximum Gasteiger partial charge on any atom is 0.222 e. The van der Waals surface area contributed by atoms with Crippen LogP contribution in [0.25, 0.3) is 0 Å². The number of ether oxygens (including phenoxy) is 1. The molecule has 0 aromatic heterocycles. The number of benzene rings is 1. The molecule has 0 spiro atoms. The summed E-state index contributed by atoms with van der Waals surface area (Å²) >= 11 is 0. The number of amides is 1. The topological polar surface area (TPSA) is 46.0 Å². The highest BCUT2D eigenvalue weighted by molar-refractivity contribution is 5.77. The summed E-state index contributed by atoms with van der Waals surface area (Å²) in [6, 6.07) is 8.94. The lowest BCUT2D eigenvalue weighted by molar-refractivity contribution is -0.937. The lowest BCUT2D eigenvalue weighted by Crippen LogP contribution is -3.15. The summed E-state index contributed by atoms with van der Waals surface area (Å²) in [6.07, 6.45) is 0. The van der Waals surface area contributed by atoms with Gasteiger partial charge in [0.25, 0.3) is 0 Å². The minimum atomic E-state index is 0.0199. The Hall–Kier alpha value is -1.59. The Kier molecular flexibility index (Phi) is 6.42. The number of rotatable bonds is 6. The standard InChI is InChI=1S/C18H29N3O2/c1-14(2)18(22)19-13-17(21-9-11-23-12-10-21)15-5-7-16(8-6-15)20(3)4/h5-8,14,17H,9-13H2,1-4H3,(H,19,22)/p+1/t17-/m0/s1. The Morgan fingerprint density at radius 1 is 1.22 bits per heavy atom. The van der Waals surface area contributed by atoms with Gasteiger partial charge in [-0.05, 0) is 12.1 Å². The molecular formula is C18H30N3O2+. The third-order valence-corrected chi connectivity index (χ3v) is 4.44. The largest absolute Gasteiger partial charge is 0.378 e. The summed E-state index contributed by atoms with van der Waals surface area (Å²) in [5, 5.41) is 3.10. The van der Waals surface area contributed by atoms with Crippen LogP contribution in [0.15, 0.2) is 24.3 Å². The molecule has 0 radical (unpaired) electrons. The SMILES string of the molecule is CC(C)C(=O)NC[C@@H](c1ccc(N(C)C)cc1)[NH+]1CCOCC1. The van der Waals surface area contributed by atoms with E-state index in [1.807, 2.05) is 27.9 Å². The lowest BCUT2D eigenvalue weighted by atomic mass is 10.0. The van der Waals surface area contributed by atoms with Crippen molar-refractivity contribution in [2.45, 2.75) is 19.9 Å². The molecule has 23 heavy (non-hydrogen) atoms. The number of nitrogens with zero attached hydrogens (tertiary/aromatic N) is 1. The first kappa shape index (κ1) is 17.8. The molecule has 1 saturated heterocycles. The number of quaternary nitrogens is 1. The van der Waals surface area contributed by atoms with Crippen molar-refractivity contribution in [1.29, 1.82) is 0 Å². The Balaban J connectivity index is 2.12. The van der Waals surface area contributed by atoms with E-state index in [4.69, 9.17) is 4.74 Å². The fourth-order valence-electron chi connectivity index (χ4n) is 2.89. The summed E-state index contributed by atoms with van der Waals surface area (Å²) < 4.78 is 5.49. The van der Waals surface area contributed by atoms with Gasteiger partial charge in [-0.15, -0.1) is 0 Å². The van der Waals surface area contributed by atoms with Gasteiger partial charge < -0.3 is 19.9 Å². The average Bonchev–Trinajstić information content (AvgIpc) is 2.56. The predicted octanol–water partition coefficient (Wildman–Crippen LogP) is 0.481. The van der Waals surface area contributed by atoms with E-state index in [1.54, 1.807) is 0 Å². The van der Waals surface area contributed by atoms with Gasteiger partial charge in [-0.1, -0.05) is 26.0 Å². The smallest absolute Gasteiger partial charge is 0.222 e.